The Morgan fingerprint density at radius 3 is 1.12 bits per heavy atom. The molecule has 0 aliphatic rings. The second-order valence-corrected chi connectivity index (χ2v) is 13.5. The van der Waals surface area contributed by atoms with Crippen LogP contribution in [0.15, 0.2) is 96.4 Å². The minimum atomic E-state index is 0.704. The SMILES string of the molecule is Brc1ccc(-c2ccc(Br)c(Br)c2Oc2c(-c3ccc(Br)c(Br)c3)ccc(Br)c2Br)cc1Br. The van der Waals surface area contributed by atoms with Crippen molar-refractivity contribution >= 4 is 127 Å². The van der Waals surface area contributed by atoms with Crippen LogP contribution >= 0.6 is 127 Å². The number of benzene rings is 4. The van der Waals surface area contributed by atoms with Crippen LogP contribution in [0.1, 0.15) is 0 Å². The molecule has 33 heavy (non-hydrogen) atoms. The summed E-state index contributed by atoms with van der Waals surface area (Å²) in [6.07, 6.45) is 0. The first kappa shape index (κ1) is 26.6. The van der Waals surface area contributed by atoms with E-state index in [9.17, 15) is 0 Å². The maximum Gasteiger partial charge on any atom is 0.150 e. The van der Waals surface area contributed by atoms with E-state index in [1.54, 1.807) is 0 Å². The lowest BCUT2D eigenvalue weighted by Gasteiger charge is -2.19. The van der Waals surface area contributed by atoms with Gasteiger partial charge in [-0.25, -0.2) is 0 Å². The molecular weight excluding hydrogens is 943 g/mol. The molecule has 4 aromatic rings. The molecule has 0 unspecified atom stereocenters. The molecule has 0 N–H and O–H groups in total. The van der Waals surface area contributed by atoms with Crippen molar-refractivity contribution in [1.82, 2.24) is 0 Å². The molecule has 0 spiro atoms. The van der Waals surface area contributed by atoms with Gasteiger partial charge in [0.1, 0.15) is 0 Å². The summed E-state index contributed by atoms with van der Waals surface area (Å²) in [5, 5.41) is 0. The molecule has 0 atom stereocenters. The molecule has 0 saturated heterocycles. The highest BCUT2D eigenvalue weighted by atomic mass is 79.9. The average molecular weight is 954 g/mol. The molecule has 4 rings (SSSR count). The first-order valence-electron chi connectivity index (χ1n) is 9.22. The third-order valence-electron chi connectivity index (χ3n) is 4.77. The van der Waals surface area contributed by atoms with Crippen molar-refractivity contribution in [3.63, 3.8) is 0 Å². The average Bonchev–Trinajstić information content (AvgIpc) is 2.78. The Bertz CT molecular complexity index is 1280. The van der Waals surface area contributed by atoms with E-state index in [0.717, 1.165) is 58.0 Å². The van der Waals surface area contributed by atoms with Gasteiger partial charge in [-0.05, 0) is 187 Å². The van der Waals surface area contributed by atoms with Crippen LogP contribution in [0.4, 0.5) is 0 Å². The molecule has 0 aliphatic heterocycles. The topological polar surface area (TPSA) is 9.23 Å². The van der Waals surface area contributed by atoms with Gasteiger partial charge >= 0.3 is 0 Å². The van der Waals surface area contributed by atoms with Gasteiger partial charge in [0.25, 0.3) is 0 Å². The van der Waals surface area contributed by atoms with Crippen LogP contribution < -0.4 is 4.74 Å². The molecule has 0 bridgehead atoms. The molecule has 168 valence electrons. The van der Waals surface area contributed by atoms with Crippen LogP contribution in [0.5, 0.6) is 11.5 Å². The third kappa shape index (κ3) is 5.76. The molecule has 0 heterocycles. The lowest BCUT2D eigenvalue weighted by atomic mass is 10.0. The van der Waals surface area contributed by atoms with Crippen molar-refractivity contribution in [2.45, 2.75) is 0 Å². The van der Waals surface area contributed by atoms with Crippen molar-refractivity contribution in [2.75, 3.05) is 0 Å². The van der Waals surface area contributed by atoms with E-state index in [1.807, 2.05) is 36.4 Å². The van der Waals surface area contributed by atoms with E-state index < -0.39 is 0 Å². The zero-order valence-corrected chi connectivity index (χ0v) is 28.9. The van der Waals surface area contributed by atoms with E-state index in [1.165, 1.54) is 0 Å². The van der Waals surface area contributed by atoms with Gasteiger partial charge in [-0.3, -0.25) is 0 Å². The van der Waals surface area contributed by atoms with E-state index in [2.05, 4.69) is 152 Å². The van der Waals surface area contributed by atoms with Gasteiger partial charge < -0.3 is 4.74 Å². The monoisotopic (exact) mass is 945 g/mol. The Labute approximate surface area is 259 Å². The Kier molecular flexibility index (Phi) is 9.08. The molecule has 4 aromatic carbocycles. The van der Waals surface area contributed by atoms with E-state index in [0.29, 0.717) is 11.5 Å². The number of rotatable bonds is 4. The van der Waals surface area contributed by atoms with Gasteiger partial charge in [-0.15, -0.1) is 0 Å². The van der Waals surface area contributed by atoms with Gasteiger partial charge in [0.15, 0.2) is 11.5 Å². The number of ether oxygens (including phenoxy) is 1. The normalized spacial score (nSPS) is 11.0. The molecule has 0 fully saturated rings. The number of hydrogen-bond acceptors (Lipinski definition) is 1. The van der Waals surface area contributed by atoms with E-state index in [-0.39, 0.29) is 0 Å². The Balaban J connectivity index is 1.92. The lowest BCUT2D eigenvalue weighted by molar-refractivity contribution is 0.479. The second-order valence-electron chi connectivity index (χ2n) is 6.84. The van der Waals surface area contributed by atoms with Crippen LogP contribution in [0.25, 0.3) is 22.3 Å². The Morgan fingerprint density at radius 2 is 0.758 bits per heavy atom. The van der Waals surface area contributed by atoms with Crippen LogP contribution in [0.3, 0.4) is 0 Å². The highest BCUT2D eigenvalue weighted by molar-refractivity contribution is 9.14. The second kappa shape index (κ2) is 11.3. The first-order chi connectivity index (χ1) is 15.7. The van der Waals surface area contributed by atoms with Crippen molar-refractivity contribution in [3.8, 4) is 33.8 Å². The van der Waals surface area contributed by atoms with Crippen molar-refractivity contribution in [3.05, 3.63) is 96.4 Å². The molecule has 0 radical (unpaired) electrons. The van der Waals surface area contributed by atoms with Gasteiger partial charge in [0.05, 0.1) is 8.95 Å². The van der Waals surface area contributed by atoms with Crippen molar-refractivity contribution < 1.29 is 4.74 Å². The summed E-state index contributed by atoms with van der Waals surface area (Å²) >= 11 is 29.0. The predicted molar refractivity (Wildman–Crippen MR) is 165 cm³/mol. The van der Waals surface area contributed by atoms with E-state index >= 15 is 0 Å². The van der Waals surface area contributed by atoms with Gasteiger partial charge in [-0.1, -0.05) is 12.1 Å². The quantitative estimate of drug-likeness (QED) is 0.198. The first-order valence-corrected chi connectivity index (χ1v) is 15.6. The zero-order valence-electron chi connectivity index (χ0n) is 16.2. The number of halogens is 8. The fourth-order valence-corrected chi connectivity index (χ4v) is 5.88. The maximum absolute atomic E-state index is 6.71. The molecule has 0 aromatic heterocycles. The molecular formula is C24H10Br8O. The molecule has 0 aliphatic carbocycles. The van der Waals surface area contributed by atoms with Crippen molar-refractivity contribution in [2.24, 2.45) is 0 Å². The highest BCUT2D eigenvalue weighted by Gasteiger charge is 2.20. The van der Waals surface area contributed by atoms with Gasteiger partial charge in [-0.2, -0.15) is 0 Å². The lowest BCUT2D eigenvalue weighted by Crippen LogP contribution is -1.95. The molecule has 1 nitrogen and oxygen atoms in total. The number of hydrogen-bond donors (Lipinski definition) is 0. The van der Waals surface area contributed by atoms with Gasteiger partial charge in [0.2, 0.25) is 0 Å². The van der Waals surface area contributed by atoms with E-state index in [4.69, 9.17) is 4.74 Å². The summed E-state index contributed by atoms with van der Waals surface area (Å²) in [4.78, 5) is 0. The summed E-state index contributed by atoms with van der Waals surface area (Å²) in [7, 11) is 0. The fraction of sp³-hybridized carbons (Fsp3) is 0. The minimum Gasteiger partial charge on any atom is -0.454 e. The fourth-order valence-electron chi connectivity index (χ4n) is 3.15. The van der Waals surface area contributed by atoms with Crippen molar-refractivity contribution in [1.29, 1.82) is 0 Å². The zero-order chi connectivity index (χ0) is 23.9. The summed E-state index contributed by atoms with van der Waals surface area (Å²) in [6, 6.07) is 20.4. The predicted octanol–water partition coefficient (Wildman–Crippen LogP) is 12.9. The summed E-state index contributed by atoms with van der Waals surface area (Å²) < 4.78 is 14.1. The maximum atomic E-state index is 6.71. The van der Waals surface area contributed by atoms with Crippen LogP contribution in [0, 0.1) is 0 Å². The molecule has 9 heteroatoms. The minimum absolute atomic E-state index is 0.704. The summed E-state index contributed by atoms with van der Waals surface area (Å²) in [5.41, 5.74) is 3.95. The van der Waals surface area contributed by atoms with Crippen LogP contribution in [0.2, 0.25) is 0 Å². The largest absolute Gasteiger partial charge is 0.454 e. The molecule has 0 amide bonds. The Hall–Kier alpha value is 0.520. The smallest absolute Gasteiger partial charge is 0.150 e. The van der Waals surface area contributed by atoms with Gasteiger partial charge in [0, 0.05) is 38.0 Å². The summed E-state index contributed by atoms with van der Waals surface area (Å²) in [5.74, 6) is 1.41. The van der Waals surface area contributed by atoms with Crippen LogP contribution in [-0.4, -0.2) is 0 Å². The molecule has 0 saturated carbocycles. The third-order valence-corrected chi connectivity index (χ3v) is 12.5. The Morgan fingerprint density at radius 1 is 0.394 bits per heavy atom. The summed E-state index contributed by atoms with van der Waals surface area (Å²) in [6.45, 7) is 0. The van der Waals surface area contributed by atoms with Crippen LogP contribution in [-0.2, 0) is 0 Å². The standard InChI is InChI=1S/C24H10Br8O/c25-15-5-1-11(9-19(15)29)13-3-7-17(27)21(31)23(13)33-24-14(4-8-18(28)22(24)32)12-2-6-16(26)20(30)10-12/h1-10H. The highest BCUT2D eigenvalue weighted by Crippen LogP contribution is 2.49.